The Bertz CT molecular complexity index is 678. The number of carbonyl (C=O) groups is 1. The molecule has 0 saturated heterocycles. The van der Waals surface area contributed by atoms with Crippen LogP contribution in [0.2, 0.25) is 0 Å². The van der Waals surface area contributed by atoms with Crippen molar-refractivity contribution in [2.24, 2.45) is 10.7 Å². The molecule has 0 unspecified atom stereocenters. The van der Waals surface area contributed by atoms with Gasteiger partial charge in [0.25, 0.3) is 0 Å². The molecule has 0 spiro atoms. The first kappa shape index (κ1) is 17.0. The van der Waals surface area contributed by atoms with Gasteiger partial charge in [0.05, 0.1) is 10.7 Å². The fraction of sp³-hybridized carbons (Fsp3) is 0.312. The SMILES string of the molecule is CN=C(NCCc1csc(C)n1)NCc1ccc(C(N)=O)cc1. The summed E-state index contributed by atoms with van der Waals surface area (Å²) in [6.45, 7) is 3.39. The fourth-order valence-electron chi connectivity index (χ4n) is 2.03. The van der Waals surface area contributed by atoms with Gasteiger partial charge in [0.2, 0.25) is 5.91 Å². The third-order valence-electron chi connectivity index (χ3n) is 3.26. The Morgan fingerprint density at radius 1 is 1.30 bits per heavy atom. The molecule has 0 saturated carbocycles. The number of aryl methyl sites for hydroxylation is 1. The van der Waals surface area contributed by atoms with Crippen LogP contribution in [-0.4, -0.2) is 30.4 Å². The minimum atomic E-state index is -0.417. The van der Waals surface area contributed by atoms with Gasteiger partial charge >= 0.3 is 0 Å². The summed E-state index contributed by atoms with van der Waals surface area (Å²) in [6, 6.07) is 7.19. The summed E-state index contributed by atoms with van der Waals surface area (Å²) in [6.07, 6.45) is 0.859. The van der Waals surface area contributed by atoms with Crippen LogP contribution in [-0.2, 0) is 13.0 Å². The number of nitrogens with zero attached hydrogens (tertiary/aromatic N) is 2. The maximum Gasteiger partial charge on any atom is 0.248 e. The Labute approximate surface area is 139 Å². The van der Waals surface area contributed by atoms with Crippen molar-refractivity contribution in [2.45, 2.75) is 19.9 Å². The van der Waals surface area contributed by atoms with Crippen molar-refractivity contribution in [3.05, 3.63) is 51.5 Å². The van der Waals surface area contributed by atoms with Crippen LogP contribution >= 0.6 is 11.3 Å². The van der Waals surface area contributed by atoms with Gasteiger partial charge in [-0.15, -0.1) is 11.3 Å². The van der Waals surface area contributed by atoms with E-state index in [9.17, 15) is 4.79 Å². The van der Waals surface area contributed by atoms with Crippen LogP contribution in [0.25, 0.3) is 0 Å². The van der Waals surface area contributed by atoms with Crippen molar-refractivity contribution in [1.29, 1.82) is 0 Å². The highest BCUT2D eigenvalue weighted by Gasteiger charge is 2.02. The Morgan fingerprint density at radius 3 is 2.61 bits per heavy atom. The maximum atomic E-state index is 11.0. The molecule has 2 rings (SSSR count). The molecule has 1 amide bonds. The summed E-state index contributed by atoms with van der Waals surface area (Å²) in [5, 5.41) is 9.65. The summed E-state index contributed by atoms with van der Waals surface area (Å²) in [7, 11) is 1.73. The molecule has 1 heterocycles. The van der Waals surface area contributed by atoms with Crippen molar-refractivity contribution in [2.75, 3.05) is 13.6 Å². The second-order valence-corrected chi connectivity index (χ2v) is 6.08. The zero-order valence-electron chi connectivity index (χ0n) is 13.3. The number of rotatable bonds is 6. The predicted octanol–water partition coefficient (Wildman–Crippen LogP) is 1.46. The lowest BCUT2D eigenvalue weighted by atomic mass is 10.1. The first-order valence-corrected chi connectivity index (χ1v) is 8.20. The third-order valence-corrected chi connectivity index (χ3v) is 4.08. The second-order valence-electron chi connectivity index (χ2n) is 5.02. The van der Waals surface area contributed by atoms with Crippen molar-refractivity contribution in [3.8, 4) is 0 Å². The molecule has 1 aromatic carbocycles. The molecule has 0 aliphatic carbocycles. The van der Waals surface area contributed by atoms with Crippen LogP contribution in [0, 0.1) is 6.92 Å². The number of aliphatic imine (C=N–C) groups is 1. The number of hydrogen-bond donors (Lipinski definition) is 3. The molecule has 0 aliphatic heterocycles. The van der Waals surface area contributed by atoms with Crippen LogP contribution in [0.3, 0.4) is 0 Å². The summed E-state index contributed by atoms with van der Waals surface area (Å²) in [5.74, 6) is 0.315. The number of carbonyl (C=O) groups excluding carboxylic acids is 1. The number of primary amides is 1. The second kappa shape index (κ2) is 8.28. The van der Waals surface area contributed by atoms with E-state index in [2.05, 4.69) is 26.0 Å². The first-order chi connectivity index (χ1) is 11.1. The van der Waals surface area contributed by atoms with E-state index in [0.29, 0.717) is 12.1 Å². The molecule has 1 aromatic heterocycles. The van der Waals surface area contributed by atoms with Crippen molar-refractivity contribution >= 4 is 23.2 Å². The number of guanidine groups is 1. The minimum absolute atomic E-state index is 0.417. The normalized spacial score (nSPS) is 11.3. The van der Waals surface area contributed by atoms with Crippen molar-refractivity contribution < 1.29 is 4.79 Å². The minimum Gasteiger partial charge on any atom is -0.366 e. The van der Waals surface area contributed by atoms with Crippen molar-refractivity contribution in [1.82, 2.24) is 15.6 Å². The maximum absolute atomic E-state index is 11.0. The van der Waals surface area contributed by atoms with Gasteiger partial charge in [-0.3, -0.25) is 9.79 Å². The molecule has 7 heteroatoms. The average molecular weight is 331 g/mol. The van der Waals surface area contributed by atoms with Crippen LogP contribution in [0.5, 0.6) is 0 Å². The molecular formula is C16H21N5OS. The summed E-state index contributed by atoms with van der Waals surface area (Å²) in [5.41, 5.74) is 7.88. The summed E-state index contributed by atoms with van der Waals surface area (Å²) >= 11 is 1.66. The lowest BCUT2D eigenvalue weighted by molar-refractivity contribution is 0.100. The van der Waals surface area contributed by atoms with E-state index in [-0.39, 0.29) is 0 Å². The van der Waals surface area contributed by atoms with E-state index in [4.69, 9.17) is 5.73 Å². The van der Waals surface area contributed by atoms with Gasteiger partial charge in [-0.25, -0.2) is 4.98 Å². The van der Waals surface area contributed by atoms with Crippen molar-refractivity contribution in [3.63, 3.8) is 0 Å². The highest BCUT2D eigenvalue weighted by molar-refractivity contribution is 7.09. The lowest BCUT2D eigenvalue weighted by Crippen LogP contribution is -2.37. The van der Waals surface area contributed by atoms with Gasteiger partial charge < -0.3 is 16.4 Å². The topological polar surface area (TPSA) is 92.4 Å². The Balaban J connectivity index is 1.77. The molecular weight excluding hydrogens is 310 g/mol. The van der Waals surface area contributed by atoms with E-state index in [1.807, 2.05) is 19.1 Å². The van der Waals surface area contributed by atoms with Crippen LogP contribution in [0.4, 0.5) is 0 Å². The predicted molar refractivity (Wildman–Crippen MR) is 93.7 cm³/mol. The summed E-state index contributed by atoms with van der Waals surface area (Å²) < 4.78 is 0. The number of amides is 1. The molecule has 2 aromatic rings. The zero-order valence-corrected chi connectivity index (χ0v) is 14.1. The molecule has 0 radical (unpaired) electrons. The zero-order chi connectivity index (χ0) is 16.7. The van der Waals surface area contributed by atoms with Gasteiger partial charge in [0.1, 0.15) is 0 Å². The molecule has 122 valence electrons. The smallest absolute Gasteiger partial charge is 0.248 e. The van der Waals surface area contributed by atoms with Gasteiger partial charge in [-0.2, -0.15) is 0 Å². The van der Waals surface area contributed by atoms with Crippen LogP contribution in [0.15, 0.2) is 34.6 Å². The standard InChI is InChI=1S/C16H21N5OS/c1-11-21-14(10-23-11)7-8-19-16(18-2)20-9-12-3-5-13(6-4-12)15(17)22/h3-6,10H,7-9H2,1-2H3,(H2,17,22)(H2,18,19,20). The lowest BCUT2D eigenvalue weighted by Gasteiger charge is -2.11. The van der Waals surface area contributed by atoms with E-state index >= 15 is 0 Å². The van der Waals surface area contributed by atoms with Gasteiger partial charge in [0, 0.05) is 37.5 Å². The van der Waals surface area contributed by atoms with Gasteiger partial charge in [0.15, 0.2) is 5.96 Å². The molecule has 0 atom stereocenters. The molecule has 6 nitrogen and oxygen atoms in total. The number of benzene rings is 1. The van der Waals surface area contributed by atoms with E-state index in [1.54, 1.807) is 30.5 Å². The van der Waals surface area contributed by atoms with E-state index in [0.717, 1.165) is 35.2 Å². The number of hydrogen-bond acceptors (Lipinski definition) is 4. The Hall–Kier alpha value is -2.41. The van der Waals surface area contributed by atoms with Gasteiger partial charge in [-0.05, 0) is 24.6 Å². The number of thiazole rings is 1. The quantitative estimate of drug-likeness (QED) is 0.552. The molecule has 0 aliphatic rings. The Kier molecular flexibility index (Phi) is 6.10. The number of nitrogens with one attached hydrogen (secondary N) is 2. The molecule has 0 fully saturated rings. The summed E-state index contributed by atoms with van der Waals surface area (Å²) in [4.78, 5) is 19.7. The molecule has 0 bridgehead atoms. The molecule has 4 N–H and O–H groups in total. The largest absolute Gasteiger partial charge is 0.366 e. The van der Waals surface area contributed by atoms with Crippen LogP contribution in [0.1, 0.15) is 26.6 Å². The third kappa shape index (κ3) is 5.37. The average Bonchev–Trinajstić information content (AvgIpc) is 2.96. The van der Waals surface area contributed by atoms with E-state index < -0.39 is 5.91 Å². The molecule has 23 heavy (non-hydrogen) atoms. The first-order valence-electron chi connectivity index (χ1n) is 7.32. The monoisotopic (exact) mass is 331 g/mol. The highest BCUT2D eigenvalue weighted by Crippen LogP contribution is 2.07. The number of aromatic nitrogens is 1. The van der Waals surface area contributed by atoms with E-state index in [1.165, 1.54) is 0 Å². The number of nitrogens with two attached hydrogens (primary N) is 1. The van der Waals surface area contributed by atoms with Gasteiger partial charge in [-0.1, -0.05) is 12.1 Å². The van der Waals surface area contributed by atoms with Crippen LogP contribution < -0.4 is 16.4 Å². The fourth-order valence-corrected chi connectivity index (χ4v) is 2.67. The highest BCUT2D eigenvalue weighted by atomic mass is 32.1. The Morgan fingerprint density at radius 2 is 2.04 bits per heavy atom.